The number of fused-ring (bicyclic) bond motifs is 3. The van der Waals surface area contributed by atoms with Crippen LogP contribution in [0.1, 0.15) is 41.8 Å². The standard InChI is InChI=1S/C22H23F2N5O3S/c1-2-27-17-5-3-4-8-28(17)29-11-14(19(30)20(31)18(29)22(27)32)21-26-25-16(33-21)9-12-6-7-13(23)10-15(12)24/h6-7,10-11,17,19,30-31H,2-5,8-9H2,1H3/t17-,19?/m1/s1. The van der Waals surface area contributed by atoms with Gasteiger partial charge in [-0.3, -0.25) is 9.80 Å². The lowest BCUT2D eigenvalue weighted by molar-refractivity contribution is -0.165. The summed E-state index contributed by atoms with van der Waals surface area (Å²) in [5, 5.41) is 34.4. The maximum atomic E-state index is 14.0. The van der Waals surface area contributed by atoms with Crippen LogP contribution in [0.2, 0.25) is 0 Å². The van der Waals surface area contributed by atoms with Crippen LogP contribution in [0.15, 0.2) is 35.9 Å². The van der Waals surface area contributed by atoms with Gasteiger partial charge >= 0.3 is 0 Å². The Hall–Kier alpha value is -2.89. The van der Waals surface area contributed by atoms with E-state index in [0.717, 1.165) is 36.7 Å². The van der Waals surface area contributed by atoms with Crippen LogP contribution in [0.4, 0.5) is 8.78 Å². The van der Waals surface area contributed by atoms with E-state index in [1.165, 1.54) is 12.1 Å². The molecule has 8 nitrogen and oxygen atoms in total. The Kier molecular flexibility index (Phi) is 5.63. The summed E-state index contributed by atoms with van der Waals surface area (Å²) in [6.45, 7) is 3.10. The Morgan fingerprint density at radius 3 is 2.82 bits per heavy atom. The summed E-state index contributed by atoms with van der Waals surface area (Å²) in [6, 6.07) is 3.35. The molecule has 0 bridgehead atoms. The summed E-state index contributed by atoms with van der Waals surface area (Å²) in [5.41, 5.74) is 0.630. The predicted octanol–water partition coefficient (Wildman–Crippen LogP) is 2.78. The molecule has 1 aromatic heterocycles. The van der Waals surface area contributed by atoms with E-state index in [1.54, 1.807) is 16.1 Å². The molecule has 2 saturated heterocycles. The molecule has 3 aliphatic rings. The minimum absolute atomic E-state index is 0.0457. The number of aromatic nitrogens is 2. The van der Waals surface area contributed by atoms with Crippen molar-refractivity contribution in [2.24, 2.45) is 0 Å². The van der Waals surface area contributed by atoms with E-state index in [0.29, 0.717) is 28.7 Å². The van der Waals surface area contributed by atoms with Crippen LogP contribution < -0.4 is 0 Å². The molecule has 2 aromatic rings. The molecule has 3 aliphatic heterocycles. The van der Waals surface area contributed by atoms with Gasteiger partial charge in [-0.15, -0.1) is 10.2 Å². The summed E-state index contributed by atoms with van der Waals surface area (Å²) in [7, 11) is 0. The molecule has 2 fully saturated rings. The average molecular weight is 476 g/mol. The Bertz CT molecular complexity index is 1170. The normalized spacial score (nSPS) is 23.5. The van der Waals surface area contributed by atoms with E-state index >= 15 is 0 Å². The van der Waals surface area contributed by atoms with Crippen molar-refractivity contribution in [2.45, 2.75) is 44.9 Å². The molecule has 11 heteroatoms. The second-order valence-electron chi connectivity index (χ2n) is 8.21. The van der Waals surface area contributed by atoms with Crippen molar-refractivity contribution in [3.63, 3.8) is 0 Å². The SMILES string of the molecule is CCN1C(=O)C2=C(O)C(O)C(c3nnc(Cc4ccc(F)cc4F)s3)=CN2N2CCCC[C@H]12. The van der Waals surface area contributed by atoms with Gasteiger partial charge in [-0.2, -0.15) is 5.01 Å². The number of carbonyl (C=O) groups excluding carboxylic acids is 1. The quantitative estimate of drug-likeness (QED) is 0.703. The van der Waals surface area contributed by atoms with Crippen molar-refractivity contribution in [1.82, 2.24) is 25.1 Å². The molecule has 33 heavy (non-hydrogen) atoms. The van der Waals surface area contributed by atoms with Crippen LogP contribution in [0.25, 0.3) is 5.57 Å². The third-order valence-corrected chi connectivity index (χ3v) is 7.21. The summed E-state index contributed by atoms with van der Waals surface area (Å²) in [5.74, 6) is -2.08. The molecule has 1 aromatic carbocycles. The molecule has 2 N–H and O–H groups in total. The van der Waals surface area contributed by atoms with Gasteiger partial charge in [-0.1, -0.05) is 17.4 Å². The van der Waals surface area contributed by atoms with Gasteiger partial charge in [0.1, 0.15) is 33.9 Å². The van der Waals surface area contributed by atoms with Gasteiger partial charge in [0.15, 0.2) is 11.5 Å². The molecule has 0 radical (unpaired) electrons. The van der Waals surface area contributed by atoms with Crippen molar-refractivity contribution in [2.75, 3.05) is 13.1 Å². The number of halogens is 2. The number of amides is 1. The van der Waals surface area contributed by atoms with Crippen LogP contribution in [0.5, 0.6) is 0 Å². The second kappa shape index (κ2) is 8.47. The van der Waals surface area contributed by atoms with Crippen LogP contribution >= 0.6 is 11.3 Å². The van der Waals surface area contributed by atoms with E-state index < -0.39 is 23.5 Å². The van der Waals surface area contributed by atoms with Gasteiger partial charge in [0, 0.05) is 37.3 Å². The highest BCUT2D eigenvalue weighted by Gasteiger charge is 2.47. The van der Waals surface area contributed by atoms with Gasteiger partial charge in [0.25, 0.3) is 5.91 Å². The van der Waals surface area contributed by atoms with Crippen molar-refractivity contribution in [1.29, 1.82) is 0 Å². The lowest BCUT2D eigenvalue weighted by Gasteiger charge is -2.53. The zero-order chi connectivity index (χ0) is 23.3. The summed E-state index contributed by atoms with van der Waals surface area (Å²) < 4.78 is 27.2. The highest BCUT2D eigenvalue weighted by molar-refractivity contribution is 7.12. The minimum atomic E-state index is -1.44. The van der Waals surface area contributed by atoms with Crippen LogP contribution in [0, 0.1) is 11.6 Å². The lowest BCUT2D eigenvalue weighted by Crippen LogP contribution is -2.65. The maximum Gasteiger partial charge on any atom is 0.276 e. The number of aliphatic hydroxyl groups excluding tert-OH is 2. The third-order valence-electron chi connectivity index (χ3n) is 6.24. The number of nitrogens with zero attached hydrogens (tertiary/aromatic N) is 5. The fourth-order valence-electron chi connectivity index (χ4n) is 4.61. The van der Waals surface area contributed by atoms with Gasteiger partial charge in [-0.25, -0.2) is 8.78 Å². The molecular formula is C22H23F2N5O3S. The smallest absolute Gasteiger partial charge is 0.276 e. The van der Waals surface area contributed by atoms with Crippen molar-refractivity contribution < 1.29 is 23.8 Å². The van der Waals surface area contributed by atoms with E-state index in [1.807, 2.05) is 11.9 Å². The van der Waals surface area contributed by atoms with Gasteiger partial charge in [0.05, 0.1) is 0 Å². The van der Waals surface area contributed by atoms with Crippen molar-refractivity contribution in [3.8, 4) is 0 Å². The van der Waals surface area contributed by atoms with Crippen molar-refractivity contribution in [3.05, 3.63) is 63.1 Å². The molecule has 2 atom stereocenters. The van der Waals surface area contributed by atoms with Gasteiger partial charge in [0.2, 0.25) is 0 Å². The van der Waals surface area contributed by atoms with Crippen molar-refractivity contribution >= 4 is 22.8 Å². The van der Waals surface area contributed by atoms with E-state index in [-0.39, 0.29) is 29.8 Å². The molecule has 0 aliphatic carbocycles. The zero-order valence-corrected chi connectivity index (χ0v) is 18.7. The topological polar surface area (TPSA) is 93.0 Å². The molecule has 1 unspecified atom stereocenters. The molecular weight excluding hydrogens is 452 g/mol. The first-order valence-corrected chi connectivity index (χ1v) is 11.7. The number of benzene rings is 1. The molecule has 1 amide bonds. The number of hydrazine groups is 1. The first-order valence-electron chi connectivity index (χ1n) is 10.9. The first-order chi connectivity index (χ1) is 15.9. The Morgan fingerprint density at radius 1 is 1.24 bits per heavy atom. The minimum Gasteiger partial charge on any atom is -0.507 e. The molecule has 5 rings (SSSR count). The Morgan fingerprint density at radius 2 is 2.06 bits per heavy atom. The lowest BCUT2D eigenvalue weighted by atomic mass is 10.0. The number of likely N-dealkylation sites (N-methyl/N-ethyl adjacent to an activating group) is 1. The molecule has 174 valence electrons. The summed E-state index contributed by atoms with van der Waals surface area (Å²) in [4.78, 5) is 14.8. The third kappa shape index (κ3) is 3.69. The van der Waals surface area contributed by atoms with Crippen LogP contribution in [0.3, 0.4) is 0 Å². The second-order valence-corrected chi connectivity index (χ2v) is 9.27. The number of rotatable bonds is 4. The number of hydrogen-bond donors (Lipinski definition) is 2. The highest BCUT2D eigenvalue weighted by Crippen LogP contribution is 2.39. The van der Waals surface area contributed by atoms with Crippen LogP contribution in [-0.4, -0.2) is 66.6 Å². The Labute approximate surface area is 193 Å². The number of carbonyl (C=O) groups is 1. The monoisotopic (exact) mass is 475 g/mol. The van der Waals surface area contributed by atoms with Gasteiger partial charge in [-0.05, 0) is 37.8 Å². The molecule has 4 heterocycles. The summed E-state index contributed by atoms with van der Waals surface area (Å²) >= 11 is 1.14. The fraction of sp³-hybridized carbons (Fsp3) is 0.409. The van der Waals surface area contributed by atoms with E-state index in [4.69, 9.17) is 0 Å². The van der Waals surface area contributed by atoms with Gasteiger partial charge < -0.3 is 15.1 Å². The Balaban J connectivity index is 1.47. The predicted molar refractivity (Wildman–Crippen MR) is 116 cm³/mol. The average Bonchev–Trinajstić information content (AvgIpc) is 3.26. The molecule has 0 saturated carbocycles. The van der Waals surface area contributed by atoms with Crippen LogP contribution in [-0.2, 0) is 11.2 Å². The first kappa shape index (κ1) is 21.9. The van der Waals surface area contributed by atoms with E-state index in [2.05, 4.69) is 10.2 Å². The highest BCUT2D eigenvalue weighted by atomic mass is 32.1. The maximum absolute atomic E-state index is 14.0. The number of hydrogen-bond acceptors (Lipinski definition) is 8. The number of piperidine rings is 1. The summed E-state index contributed by atoms with van der Waals surface area (Å²) in [6.07, 6.45) is 2.96. The fourth-order valence-corrected chi connectivity index (χ4v) is 5.50. The molecule has 0 spiro atoms. The largest absolute Gasteiger partial charge is 0.507 e. The number of aliphatic hydroxyl groups is 2. The van der Waals surface area contributed by atoms with E-state index in [9.17, 15) is 23.8 Å². The zero-order valence-electron chi connectivity index (χ0n) is 17.9.